The molecule has 96 valence electrons. The van der Waals surface area contributed by atoms with E-state index in [-0.39, 0.29) is 6.04 Å². The van der Waals surface area contributed by atoms with E-state index in [1.165, 1.54) is 0 Å². The lowest BCUT2D eigenvalue weighted by Gasteiger charge is -2.13. The molecule has 0 saturated carbocycles. The first-order valence-electron chi connectivity index (χ1n) is 6.18. The van der Waals surface area contributed by atoms with Crippen molar-refractivity contribution in [1.29, 1.82) is 0 Å². The fourth-order valence-electron chi connectivity index (χ4n) is 1.54. The standard InChI is InChI=1S/C14H22ClNO/c1-11(2)6-8-17-9-7-14(16)12-4-3-5-13(15)10-12/h3-5,10-11,14H,6-9,16H2,1-2H3. The van der Waals surface area contributed by atoms with Gasteiger partial charge in [-0.15, -0.1) is 0 Å². The van der Waals surface area contributed by atoms with E-state index in [9.17, 15) is 0 Å². The van der Waals surface area contributed by atoms with Crippen LogP contribution in [0.3, 0.4) is 0 Å². The molecule has 0 fully saturated rings. The van der Waals surface area contributed by atoms with E-state index in [1.54, 1.807) is 0 Å². The van der Waals surface area contributed by atoms with E-state index in [4.69, 9.17) is 22.1 Å². The maximum absolute atomic E-state index is 6.07. The summed E-state index contributed by atoms with van der Waals surface area (Å²) < 4.78 is 5.55. The summed E-state index contributed by atoms with van der Waals surface area (Å²) in [6.45, 7) is 5.92. The highest BCUT2D eigenvalue weighted by atomic mass is 35.5. The van der Waals surface area contributed by atoms with Crippen LogP contribution >= 0.6 is 11.6 Å². The van der Waals surface area contributed by atoms with Crippen LogP contribution < -0.4 is 5.73 Å². The second kappa shape index (κ2) is 7.70. The molecular formula is C14H22ClNO. The maximum Gasteiger partial charge on any atom is 0.0484 e. The van der Waals surface area contributed by atoms with Gasteiger partial charge in [0.05, 0.1) is 0 Å². The SMILES string of the molecule is CC(C)CCOCCC(N)c1cccc(Cl)c1. The summed E-state index contributed by atoms with van der Waals surface area (Å²) in [5.74, 6) is 0.691. The van der Waals surface area contributed by atoms with Crippen LogP contribution in [0.1, 0.15) is 38.3 Å². The fraction of sp³-hybridized carbons (Fsp3) is 0.571. The number of benzene rings is 1. The Kier molecular flexibility index (Phi) is 6.56. The quantitative estimate of drug-likeness (QED) is 0.753. The molecule has 1 aromatic carbocycles. The fourth-order valence-corrected chi connectivity index (χ4v) is 1.73. The van der Waals surface area contributed by atoms with Crippen molar-refractivity contribution in [3.05, 3.63) is 34.9 Å². The van der Waals surface area contributed by atoms with E-state index in [0.717, 1.165) is 30.0 Å². The van der Waals surface area contributed by atoms with Crippen LogP contribution in [-0.2, 0) is 4.74 Å². The van der Waals surface area contributed by atoms with Crippen LogP contribution in [0.4, 0.5) is 0 Å². The van der Waals surface area contributed by atoms with Gasteiger partial charge < -0.3 is 10.5 Å². The van der Waals surface area contributed by atoms with E-state index in [0.29, 0.717) is 12.5 Å². The Morgan fingerprint density at radius 3 is 2.59 bits per heavy atom. The van der Waals surface area contributed by atoms with Gasteiger partial charge in [0.2, 0.25) is 0 Å². The van der Waals surface area contributed by atoms with Gasteiger partial charge in [-0.05, 0) is 36.5 Å². The summed E-state index contributed by atoms with van der Waals surface area (Å²) in [5, 5.41) is 0.735. The topological polar surface area (TPSA) is 35.2 Å². The average molecular weight is 256 g/mol. The Morgan fingerprint density at radius 2 is 1.94 bits per heavy atom. The lowest BCUT2D eigenvalue weighted by molar-refractivity contribution is 0.117. The number of nitrogens with two attached hydrogens (primary N) is 1. The highest BCUT2D eigenvalue weighted by molar-refractivity contribution is 6.30. The van der Waals surface area contributed by atoms with E-state index >= 15 is 0 Å². The molecule has 1 atom stereocenters. The molecule has 0 radical (unpaired) electrons. The Bertz CT molecular complexity index is 328. The van der Waals surface area contributed by atoms with Gasteiger partial charge in [-0.25, -0.2) is 0 Å². The minimum absolute atomic E-state index is 0.00718. The number of hydrogen-bond donors (Lipinski definition) is 1. The van der Waals surface area contributed by atoms with E-state index in [2.05, 4.69) is 13.8 Å². The largest absolute Gasteiger partial charge is 0.381 e. The third-order valence-corrected chi connectivity index (χ3v) is 2.92. The molecule has 1 rings (SSSR count). The highest BCUT2D eigenvalue weighted by Gasteiger charge is 2.06. The summed E-state index contributed by atoms with van der Waals surface area (Å²) in [6.07, 6.45) is 1.94. The second-order valence-electron chi connectivity index (χ2n) is 4.75. The van der Waals surface area contributed by atoms with Crippen molar-refractivity contribution in [2.24, 2.45) is 11.7 Å². The summed E-state index contributed by atoms with van der Waals surface area (Å²) in [5.41, 5.74) is 7.14. The van der Waals surface area contributed by atoms with Gasteiger partial charge in [0, 0.05) is 24.3 Å². The zero-order valence-electron chi connectivity index (χ0n) is 10.7. The second-order valence-corrected chi connectivity index (χ2v) is 5.18. The van der Waals surface area contributed by atoms with Crippen molar-refractivity contribution in [3.8, 4) is 0 Å². The number of hydrogen-bond acceptors (Lipinski definition) is 2. The molecule has 0 heterocycles. The zero-order chi connectivity index (χ0) is 12.7. The molecule has 0 aliphatic rings. The van der Waals surface area contributed by atoms with Crippen LogP contribution in [0.25, 0.3) is 0 Å². The van der Waals surface area contributed by atoms with Crippen molar-refractivity contribution < 1.29 is 4.74 Å². The summed E-state index contributed by atoms with van der Waals surface area (Å²) in [7, 11) is 0. The van der Waals surface area contributed by atoms with Gasteiger partial charge in [-0.1, -0.05) is 37.6 Å². The van der Waals surface area contributed by atoms with Crippen molar-refractivity contribution in [2.75, 3.05) is 13.2 Å². The smallest absolute Gasteiger partial charge is 0.0484 e. The molecule has 0 aliphatic carbocycles. The molecule has 0 spiro atoms. The molecule has 0 amide bonds. The normalized spacial score (nSPS) is 13.0. The minimum atomic E-state index is 0.00718. The predicted octanol–water partition coefficient (Wildman–Crippen LogP) is 3.79. The van der Waals surface area contributed by atoms with E-state index < -0.39 is 0 Å². The number of ether oxygens (including phenoxy) is 1. The molecule has 0 aromatic heterocycles. The molecule has 0 saturated heterocycles. The number of halogens is 1. The van der Waals surface area contributed by atoms with Gasteiger partial charge in [-0.2, -0.15) is 0 Å². The monoisotopic (exact) mass is 255 g/mol. The first kappa shape index (κ1) is 14.5. The van der Waals surface area contributed by atoms with Crippen LogP contribution in [0.5, 0.6) is 0 Å². The Labute approximate surface area is 109 Å². The van der Waals surface area contributed by atoms with Crippen LogP contribution in [0.15, 0.2) is 24.3 Å². The molecule has 0 bridgehead atoms. The third-order valence-electron chi connectivity index (χ3n) is 2.69. The Hall–Kier alpha value is -0.570. The van der Waals surface area contributed by atoms with Gasteiger partial charge in [-0.3, -0.25) is 0 Å². The minimum Gasteiger partial charge on any atom is -0.381 e. The van der Waals surface area contributed by atoms with Crippen molar-refractivity contribution in [1.82, 2.24) is 0 Å². The molecule has 0 aliphatic heterocycles. The summed E-state index contributed by atoms with van der Waals surface area (Å²) in [6, 6.07) is 7.71. The molecule has 17 heavy (non-hydrogen) atoms. The summed E-state index contributed by atoms with van der Waals surface area (Å²) in [4.78, 5) is 0. The van der Waals surface area contributed by atoms with Crippen molar-refractivity contribution >= 4 is 11.6 Å². The first-order valence-corrected chi connectivity index (χ1v) is 6.56. The molecule has 3 heteroatoms. The first-order chi connectivity index (χ1) is 8.09. The third kappa shape index (κ3) is 6.06. The summed E-state index contributed by atoms with van der Waals surface area (Å²) >= 11 is 5.92. The molecular weight excluding hydrogens is 234 g/mol. The Balaban J connectivity index is 2.23. The van der Waals surface area contributed by atoms with Crippen molar-refractivity contribution in [3.63, 3.8) is 0 Å². The van der Waals surface area contributed by atoms with Gasteiger partial charge >= 0.3 is 0 Å². The number of rotatable bonds is 7. The average Bonchev–Trinajstić information content (AvgIpc) is 2.28. The van der Waals surface area contributed by atoms with Crippen LogP contribution in [-0.4, -0.2) is 13.2 Å². The Morgan fingerprint density at radius 1 is 1.24 bits per heavy atom. The van der Waals surface area contributed by atoms with Crippen LogP contribution in [0.2, 0.25) is 5.02 Å². The van der Waals surface area contributed by atoms with E-state index in [1.807, 2.05) is 24.3 Å². The molecule has 2 N–H and O–H groups in total. The van der Waals surface area contributed by atoms with Gasteiger partial charge in [0.15, 0.2) is 0 Å². The predicted molar refractivity (Wildman–Crippen MR) is 73.3 cm³/mol. The molecule has 2 nitrogen and oxygen atoms in total. The molecule has 1 aromatic rings. The maximum atomic E-state index is 6.07. The van der Waals surface area contributed by atoms with Gasteiger partial charge in [0.1, 0.15) is 0 Å². The zero-order valence-corrected chi connectivity index (χ0v) is 11.4. The van der Waals surface area contributed by atoms with Crippen molar-refractivity contribution in [2.45, 2.75) is 32.7 Å². The van der Waals surface area contributed by atoms with Gasteiger partial charge in [0.25, 0.3) is 0 Å². The lowest BCUT2D eigenvalue weighted by Crippen LogP contribution is -2.13. The lowest BCUT2D eigenvalue weighted by atomic mass is 10.1. The molecule has 1 unspecified atom stereocenters. The van der Waals surface area contributed by atoms with Crippen LogP contribution in [0, 0.1) is 5.92 Å². The highest BCUT2D eigenvalue weighted by Crippen LogP contribution is 2.18.